The minimum absolute atomic E-state index is 0.155. The molecule has 38 heavy (non-hydrogen) atoms. The Morgan fingerprint density at radius 2 is 1.97 bits per heavy atom. The minimum Gasteiger partial charge on any atom is -0.487 e. The van der Waals surface area contributed by atoms with Gasteiger partial charge in [-0.25, -0.2) is 15.0 Å². The van der Waals surface area contributed by atoms with Crippen LogP contribution < -0.4 is 14.8 Å². The van der Waals surface area contributed by atoms with Crippen molar-refractivity contribution >= 4 is 11.9 Å². The summed E-state index contributed by atoms with van der Waals surface area (Å²) in [6.07, 6.45) is 7.69. The van der Waals surface area contributed by atoms with Gasteiger partial charge in [0.05, 0.1) is 47.9 Å². The number of anilines is 1. The van der Waals surface area contributed by atoms with Crippen LogP contribution >= 0.6 is 0 Å². The molecule has 0 amide bonds. The predicted octanol–water partition coefficient (Wildman–Crippen LogP) is 4.40. The summed E-state index contributed by atoms with van der Waals surface area (Å²) in [6, 6.07) is 11.1. The van der Waals surface area contributed by atoms with E-state index in [1.54, 1.807) is 29.3 Å². The van der Waals surface area contributed by atoms with Crippen LogP contribution in [0, 0.1) is 12.8 Å². The van der Waals surface area contributed by atoms with Gasteiger partial charge in [0.2, 0.25) is 11.8 Å². The lowest BCUT2D eigenvalue weighted by Gasteiger charge is -2.27. The molecule has 11 heteroatoms. The molecule has 1 aromatic carbocycles. The first-order chi connectivity index (χ1) is 18.5. The number of carboxylic acid groups (broad SMARTS) is 1. The molecule has 1 aliphatic rings. The quantitative estimate of drug-likeness (QED) is 0.330. The molecule has 5 rings (SSSR count). The first kappa shape index (κ1) is 25.1. The van der Waals surface area contributed by atoms with Gasteiger partial charge in [0.1, 0.15) is 5.75 Å². The number of carbonyl (C=O) groups is 1. The van der Waals surface area contributed by atoms with Gasteiger partial charge in [-0.15, -0.1) is 0 Å². The summed E-state index contributed by atoms with van der Waals surface area (Å²) in [5.74, 6) is 1.50. The fourth-order valence-electron chi connectivity index (χ4n) is 4.47. The lowest BCUT2D eigenvalue weighted by Crippen LogP contribution is -2.29. The summed E-state index contributed by atoms with van der Waals surface area (Å²) in [7, 11) is 1.85. The van der Waals surface area contributed by atoms with Gasteiger partial charge < -0.3 is 19.9 Å². The molecule has 196 valence electrons. The predicted molar refractivity (Wildman–Crippen MR) is 139 cm³/mol. The van der Waals surface area contributed by atoms with Crippen LogP contribution in [0.2, 0.25) is 0 Å². The molecule has 0 aliphatic heterocycles. The lowest BCUT2D eigenvalue weighted by atomic mass is 9.87. The lowest BCUT2D eigenvalue weighted by molar-refractivity contribution is -0.143. The second-order valence-electron chi connectivity index (χ2n) is 9.20. The van der Waals surface area contributed by atoms with Crippen LogP contribution in [0.1, 0.15) is 37.1 Å². The molecular weight excluding hydrogens is 486 g/mol. The number of aliphatic carboxylic acids is 1. The third-order valence-corrected chi connectivity index (χ3v) is 6.52. The van der Waals surface area contributed by atoms with Crippen molar-refractivity contribution in [1.82, 2.24) is 29.7 Å². The maximum atomic E-state index is 11.4. The van der Waals surface area contributed by atoms with E-state index in [0.29, 0.717) is 54.2 Å². The number of benzene rings is 1. The summed E-state index contributed by atoms with van der Waals surface area (Å²) in [4.78, 5) is 29.3. The SMILES string of the molecule is Cc1nc(-c2cnn(C)c2CNc2nccc(Oc3ccccc3)n2)ncc1O[C@H]1CCC[C@H](C(=O)O)C1. The minimum atomic E-state index is -0.764. The fourth-order valence-corrected chi connectivity index (χ4v) is 4.47. The highest BCUT2D eigenvalue weighted by atomic mass is 16.5. The van der Waals surface area contributed by atoms with Crippen molar-refractivity contribution in [3.05, 3.63) is 66.4 Å². The Hall–Kier alpha value is -4.54. The van der Waals surface area contributed by atoms with Gasteiger partial charge in [0.15, 0.2) is 11.6 Å². The number of hydrogen-bond donors (Lipinski definition) is 2. The zero-order valence-corrected chi connectivity index (χ0v) is 21.2. The van der Waals surface area contributed by atoms with Gasteiger partial charge in [-0.2, -0.15) is 10.1 Å². The van der Waals surface area contributed by atoms with E-state index < -0.39 is 5.97 Å². The summed E-state index contributed by atoms with van der Waals surface area (Å²) in [5.41, 5.74) is 2.31. The maximum Gasteiger partial charge on any atom is 0.306 e. The number of nitrogens with one attached hydrogen (secondary N) is 1. The van der Waals surface area contributed by atoms with Gasteiger partial charge in [0.25, 0.3) is 0 Å². The van der Waals surface area contributed by atoms with Crippen LogP contribution in [-0.4, -0.2) is 46.9 Å². The van der Waals surface area contributed by atoms with Crippen molar-refractivity contribution in [2.75, 3.05) is 5.32 Å². The average Bonchev–Trinajstić information content (AvgIpc) is 3.29. The van der Waals surface area contributed by atoms with Gasteiger partial charge >= 0.3 is 5.97 Å². The fraction of sp³-hybridized carbons (Fsp3) is 0.333. The first-order valence-electron chi connectivity index (χ1n) is 12.5. The molecule has 2 atom stereocenters. The molecular formula is C27H29N7O4. The van der Waals surface area contributed by atoms with Crippen molar-refractivity contribution in [3.63, 3.8) is 0 Å². The van der Waals surface area contributed by atoms with Crippen LogP contribution in [-0.2, 0) is 18.4 Å². The third kappa shape index (κ3) is 5.88. The molecule has 4 aromatic rings. The second kappa shape index (κ2) is 11.2. The van der Waals surface area contributed by atoms with Crippen molar-refractivity contribution in [3.8, 4) is 28.8 Å². The maximum absolute atomic E-state index is 11.4. The van der Waals surface area contributed by atoms with E-state index in [1.807, 2.05) is 44.3 Å². The van der Waals surface area contributed by atoms with E-state index in [2.05, 4.69) is 30.4 Å². The highest BCUT2D eigenvalue weighted by Gasteiger charge is 2.28. The van der Waals surface area contributed by atoms with Crippen molar-refractivity contribution < 1.29 is 19.4 Å². The molecule has 11 nitrogen and oxygen atoms in total. The van der Waals surface area contributed by atoms with Crippen LogP contribution in [0.25, 0.3) is 11.4 Å². The summed E-state index contributed by atoms with van der Waals surface area (Å²) in [5, 5.41) is 17.0. The number of ether oxygens (including phenoxy) is 2. The molecule has 1 aliphatic carbocycles. The third-order valence-electron chi connectivity index (χ3n) is 6.52. The van der Waals surface area contributed by atoms with Gasteiger partial charge in [-0.1, -0.05) is 18.2 Å². The smallest absolute Gasteiger partial charge is 0.306 e. The highest BCUT2D eigenvalue weighted by Crippen LogP contribution is 2.30. The van der Waals surface area contributed by atoms with Gasteiger partial charge in [-0.05, 0) is 44.7 Å². The van der Waals surface area contributed by atoms with E-state index in [9.17, 15) is 9.90 Å². The van der Waals surface area contributed by atoms with E-state index in [4.69, 9.17) is 9.47 Å². The number of hydrogen-bond acceptors (Lipinski definition) is 9. The van der Waals surface area contributed by atoms with Crippen LogP contribution in [0.15, 0.2) is 55.0 Å². The van der Waals surface area contributed by atoms with Crippen LogP contribution in [0.4, 0.5) is 5.95 Å². The van der Waals surface area contributed by atoms with E-state index >= 15 is 0 Å². The number of carboxylic acids is 1. The molecule has 3 aromatic heterocycles. The largest absolute Gasteiger partial charge is 0.487 e. The molecule has 0 unspecified atom stereocenters. The van der Waals surface area contributed by atoms with Crippen molar-refractivity contribution in [2.24, 2.45) is 13.0 Å². The van der Waals surface area contributed by atoms with E-state index in [1.165, 1.54) is 0 Å². The van der Waals surface area contributed by atoms with E-state index in [-0.39, 0.29) is 12.0 Å². The van der Waals surface area contributed by atoms with E-state index in [0.717, 1.165) is 24.1 Å². The zero-order valence-electron chi connectivity index (χ0n) is 21.2. The molecule has 0 spiro atoms. The average molecular weight is 516 g/mol. The summed E-state index contributed by atoms with van der Waals surface area (Å²) < 4.78 is 13.7. The first-order valence-corrected chi connectivity index (χ1v) is 12.5. The van der Waals surface area contributed by atoms with Crippen LogP contribution in [0.5, 0.6) is 17.4 Å². The number of aryl methyl sites for hydroxylation is 2. The monoisotopic (exact) mass is 515 g/mol. The Morgan fingerprint density at radius 3 is 2.76 bits per heavy atom. The molecule has 0 radical (unpaired) electrons. The Balaban J connectivity index is 1.27. The van der Waals surface area contributed by atoms with Crippen molar-refractivity contribution in [1.29, 1.82) is 0 Å². The summed E-state index contributed by atoms with van der Waals surface area (Å²) >= 11 is 0. The molecule has 3 heterocycles. The molecule has 0 bridgehead atoms. The molecule has 0 saturated heterocycles. The van der Waals surface area contributed by atoms with Crippen molar-refractivity contribution in [2.45, 2.75) is 45.3 Å². The standard InChI is InChI=1S/C27H29N7O4/c1-17-23(37-20-10-6-7-18(13-20)26(35)36)16-29-25(32-17)21-14-31-34(2)22(21)15-30-27-28-12-11-24(33-27)38-19-8-4-3-5-9-19/h3-5,8-9,11-12,14,16,18,20H,6-7,10,13,15H2,1-2H3,(H,35,36)(H,28,30,33)/t18-,20-/m0/s1. The number of nitrogens with zero attached hydrogens (tertiary/aromatic N) is 6. The molecule has 2 N–H and O–H groups in total. The normalized spacial score (nSPS) is 17.1. The Bertz CT molecular complexity index is 1410. The Kier molecular flexibility index (Phi) is 7.43. The molecule has 1 fully saturated rings. The number of para-hydroxylation sites is 1. The van der Waals surface area contributed by atoms with Gasteiger partial charge in [0, 0.05) is 19.3 Å². The second-order valence-corrected chi connectivity index (χ2v) is 9.20. The zero-order chi connectivity index (χ0) is 26.5. The Morgan fingerprint density at radius 1 is 1.13 bits per heavy atom. The topological polar surface area (TPSA) is 137 Å². The number of rotatable bonds is 9. The highest BCUT2D eigenvalue weighted by molar-refractivity contribution is 5.70. The van der Waals surface area contributed by atoms with Crippen LogP contribution in [0.3, 0.4) is 0 Å². The number of aromatic nitrogens is 6. The summed E-state index contributed by atoms with van der Waals surface area (Å²) in [6.45, 7) is 2.25. The molecule has 1 saturated carbocycles. The van der Waals surface area contributed by atoms with Gasteiger partial charge in [-0.3, -0.25) is 9.48 Å². The Labute approximate surface area is 219 Å².